The van der Waals surface area contributed by atoms with Gasteiger partial charge in [0.2, 0.25) is 0 Å². The molecule has 5 aromatic rings. The number of amides is 1. The second-order valence-electron chi connectivity index (χ2n) is 8.35. The van der Waals surface area contributed by atoms with E-state index in [0.29, 0.717) is 17.2 Å². The zero-order chi connectivity index (χ0) is 25.3. The van der Waals surface area contributed by atoms with Crippen molar-refractivity contribution in [1.82, 2.24) is 9.38 Å². The number of rotatable bonds is 6. The predicted molar refractivity (Wildman–Crippen MR) is 142 cm³/mol. The number of carbonyl (C=O) groups is 1. The predicted octanol–water partition coefficient (Wildman–Crippen LogP) is 5.39. The third kappa shape index (κ3) is 4.23. The van der Waals surface area contributed by atoms with E-state index in [0.717, 1.165) is 16.8 Å². The Bertz CT molecular complexity index is 1660. The van der Waals surface area contributed by atoms with E-state index in [4.69, 9.17) is 4.98 Å². The summed E-state index contributed by atoms with van der Waals surface area (Å²) in [6, 6.07) is 28.3. The van der Waals surface area contributed by atoms with Crippen LogP contribution in [0.1, 0.15) is 15.9 Å². The molecule has 180 valence electrons. The van der Waals surface area contributed by atoms with Gasteiger partial charge in [0.05, 0.1) is 10.6 Å². The lowest BCUT2D eigenvalue weighted by Gasteiger charge is -2.19. The number of nitrogens with zero attached hydrogens (tertiary/aromatic N) is 3. The van der Waals surface area contributed by atoms with E-state index in [-0.39, 0.29) is 10.5 Å². The molecule has 0 atom stereocenters. The average Bonchev–Trinajstić information content (AvgIpc) is 3.28. The summed E-state index contributed by atoms with van der Waals surface area (Å²) in [6.07, 6.45) is 1.84. The summed E-state index contributed by atoms with van der Waals surface area (Å²) in [7, 11) is -2.38. The molecule has 7 nitrogen and oxygen atoms in total. The number of aryl methyl sites for hydroxylation is 1. The molecule has 0 spiro atoms. The van der Waals surface area contributed by atoms with Crippen molar-refractivity contribution in [3.05, 3.63) is 114 Å². The van der Waals surface area contributed by atoms with Crippen molar-refractivity contribution < 1.29 is 13.2 Å². The fourth-order valence-corrected chi connectivity index (χ4v) is 5.27. The number of fused-ring (bicyclic) bond motifs is 1. The molecule has 0 bridgehead atoms. The molecule has 8 heteroatoms. The Kier molecular flexibility index (Phi) is 6.03. The van der Waals surface area contributed by atoms with Crippen molar-refractivity contribution in [3.8, 4) is 11.3 Å². The number of sulfonamides is 1. The lowest BCUT2D eigenvalue weighted by Crippen LogP contribution is -2.26. The van der Waals surface area contributed by atoms with Crippen LogP contribution in [0.25, 0.3) is 16.9 Å². The van der Waals surface area contributed by atoms with Crippen LogP contribution in [0.4, 0.5) is 11.5 Å². The van der Waals surface area contributed by atoms with E-state index < -0.39 is 15.9 Å². The van der Waals surface area contributed by atoms with Gasteiger partial charge in [-0.1, -0.05) is 60.7 Å². The van der Waals surface area contributed by atoms with Gasteiger partial charge in [0, 0.05) is 24.4 Å². The fraction of sp³-hybridized carbons (Fsp3) is 0.0714. The molecule has 0 unspecified atom stereocenters. The molecular weight excluding hydrogens is 472 g/mol. The maximum atomic E-state index is 13.4. The number of hydrogen-bond acceptors (Lipinski definition) is 4. The molecular formula is C28H24N4O3S. The first-order valence-electron chi connectivity index (χ1n) is 11.3. The van der Waals surface area contributed by atoms with Gasteiger partial charge < -0.3 is 5.32 Å². The van der Waals surface area contributed by atoms with Gasteiger partial charge in [-0.15, -0.1) is 0 Å². The van der Waals surface area contributed by atoms with Crippen LogP contribution >= 0.6 is 0 Å². The Balaban J connectivity index is 1.52. The second-order valence-corrected chi connectivity index (χ2v) is 10.3. The van der Waals surface area contributed by atoms with E-state index in [1.54, 1.807) is 36.4 Å². The fourth-order valence-electron chi connectivity index (χ4n) is 4.03. The van der Waals surface area contributed by atoms with Gasteiger partial charge in [-0.2, -0.15) is 0 Å². The number of imidazole rings is 1. The molecule has 0 fully saturated rings. The standard InChI is InChI=1S/C28H24N4O3S/c1-20-11-10-18-32-26(20)29-25(21-12-5-3-6-13-21)27(32)30-28(33)22-14-9-17-24(19-22)36(34,35)31(2)23-15-7-4-8-16-23/h3-19H,1-2H3,(H,30,33). The summed E-state index contributed by atoms with van der Waals surface area (Å²) in [6.45, 7) is 1.96. The molecule has 1 amide bonds. The Morgan fingerprint density at radius 1 is 0.889 bits per heavy atom. The van der Waals surface area contributed by atoms with Crippen molar-refractivity contribution in [2.75, 3.05) is 16.7 Å². The van der Waals surface area contributed by atoms with Crippen molar-refractivity contribution in [2.45, 2.75) is 11.8 Å². The molecule has 3 aromatic carbocycles. The molecule has 2 aromatic heterocycles. The number of pyridine rings is 1. The van der Waals surface area contributed by atoms with Crippen LogP contribution in [0.3, 0.4) is 0 Å². The number of nitrogens with one attached hydrogen (secondary N) is 1. The monoisotopic (exact) mass is 496 g/mol. The second kappa shape index (κ2) is 9.31. The largest absolute Gasteiger partial charge is 0.306 e. The smallest absolute Gasteiger partial charge is 0.264 e. The molecule has 2 heterocycles. The summed E-state index contributed by atoms with van der Waals surface area (Å²) >= 11 is 0. The van der Waals surface area contributed by atoms with Gasteiger partial charge in [0.15, 0.2) is 0 Å². The quantitative estimate of drug-likeness (QED) is 0.342. The highest BCUT2D eigenvalue weighted by Gasteiger charge is 2.23. The number of hydrogen-bond donors (Lipinski definition) is 1. The molecule has 0 radical (unpaired) electrons. The Morgan fingerprint density at radius 2 is 1.58 bits per heavy atom. The summed E-state index contributed by atoms with van der Waals surface area (Å²) in [4.78, 5) is 18.2. The topological polar surface area (TPSA) is 83.8 Å². The minimum Gasteiger partial charge on any atom is -0.306 e. The third-order valence-corrected chi connectivity index (χ3v) is 7.78. The molecule has 36 heavy (non-hydrogen) atoms. The average molecular weight is 497 g/mol. The Hall–Kier alpha value is -4.43. The number of para-hydroxylation sites is 1. The third-order valence-electron chi connectivity index (χ3n) is 6.00. The highest BCUT2D eigenvalue weighted by atomic mass is 32.2. The van der Waals surface area contributed by atoms with Crippen LogP contribution in [0.5, 0.6) is 0 Å². The minimum absolute atomic E-state index is 0.0266. The van der Waals surface area contributed by atoms with E-state index in [1.807, 2.05) is 66.1 Å². The number of aromatic nitrogens is 2. The zero-order valence-corrected chi connectivity index (χ0v) is 20.6. The maximum Gasteiger partial charge on any atom is 0.264 e. The highest BCUT2D eigenvalue weighted by molar-refractivity contribution is 7.92. The normalized spacial score (nSPS) is 11.4. The number of anilines is 2. The molecule has 0 saturated heterocycles. The van der Waals surface area contributed by atoms with Crippen molar-refractivity contribution >= 4 is 33.1 Å². The molecule has 5 rings (SSSR count). The highest BCUT2D eigenvalue weighted by Crippen LogP contribution is 2.30. The van der Waals surface area contributed by atoms with Gasteiger partial charge in [0.1, 0.15) is 17.2 Å². The van der Waals surface area contributed by atoms with Crippen molar-refractivity contribution in [1.29, 1.82) is 0 Å². The molecule has 0 saturated carbocycles. The molecule has 0 aliphatic rings. The van der Waals surface area contributed by atoms with E-state index in [9.17, 15) is 13.2 Å². The van der Waals surface area contributed by atoms with Crippen LogP contribution in [-0.2, 0) is 10.0 Å². The van der Waals surface area contributed by atoms with Crippen molar-refractivity contribution in [2.24, 2.45) is 0 Å². The van der Waals surface area contributed by atoms with E-state index >= 15 is 0 Å². The minimum atomic E-state index is -3.87. The van der Waals surface area contributed by atoms with E-state index in [1.165, 1.54) is 23.5 Å². The first-order valence-corrected chi connectivity index (χ1v) is 12.8. The van der Waals surface area contributed by atoms with Gasteiger partial charge in [0.25, 0.3) is 15.9 Å². The Morgan fingerprint density at radius 3 is 2.31 bits per heavy atom. The zero-order valence-electron chi connectivity index (χ0n) is 19.8. The molecule has 0 aliphatic carbocycles. The van der Waals surface area contributed by atoms with Crippen LogP contribution in [0.15, 0.2) is 108 Å². The van der Waals surface area contributed by atoms with Gasteiger partial charge in [-0.3, -0.25) is 13.5 Å². The van der Waals surface area contributed by atoms with Crippen LogP contribution < -0.4 is 9.62 Å². The van der Waals surface area contributed by atoms with Gasteiger partial charge in [-0.05, 0) is 48.9 Å². The van der Waals surface area contributed by atoms with Crippen LogP contribution in [-0.4, -0.2) is 30.8 Å². The summed E-state index contributed by atoms with van der Waals surface area (Å²) in [5, 5.41) is 2.97. The molecule has 1 N–H and O–H groups in total. The van der Waals surface area contributed by atoms with Gasteiger partial charge >= 0.3 is 0 Å². The molecule has 0 aliphatic heterocycles. The SMILES string of the molecule is Cc1cccn2c(NC(=O)c3cccc(S(=O)(=O)N(C)c4ccccc4)c3)c(-c3ccccc3)nc12. The summed E-state index contributed by atoms with van der Waals surface area (Å²) < 4.78 is 29.5. The first kappa shape index (κ1) is 23.3. The maximum absolute atomic E-state index is 13.4. The lowest BCUT2D eigenvalue weighted by atomic mass is 10.1. The van der Waals surface area contributed by atoms with E-state index in [2.05, 4.69) is 5.32 Å². The summed E-state index contributed by atoms with van der Waals surface area (Å²) in [5.74, 6) is 0.0782. The number of benzene rings is 3. The summed E-state index contributed by atoms with van der Waals surface area (Å²) in [5.41, 5.74) is 3.93. The Labute approximate surface area is 209 Å². The van der Waals surface area contributed by atoms with Crippen LogP contribution in [0, 0.1) is 6.92 Å². The van der Waals surface area contributed by atoms with Crippen LogP contribution in [0.2, 0.25) is 0 Å². The van der Waals surface area contributed by atoms with Gasteiger partial charge in [-0.25, -0.2) is 13.4 Å². The lowest BCUT2D eigenvalue weighted by molar-refractivity contribution is 0.102. The number of carbonyl (C=O) groups excluding carboxylic acids is 1. The first-order chi connectivity index (χ1) is 17.4. The van der Waals surface area contributed by atoms with Crippen molar-refractivity contribution in [3.63, 3.8) is 0 Å².